The van der Waals surface area contributed by atoms with Crippen LogP contribution in [0.5, 0.6) is 0 Å². The fourth-order valence-electron chi connectivity index (χ4n) is 2.01. The Hall–Kier alpha value is -2.21. The standard InChI is InChI=1S/C16H21FN4O/c1-12-20-15(18-8-5-9-22-2)10-16(21-12)19-11-13-6-3-4-7-14(13)17/h3-4,6-7,10H,5,8-9,11H2,1-2H3,(H2,18,19,20,21). The Bertz CT molecular complexity index is 606. The maximum Gasteiger partial charge on any atom is 0.132 e. The third kappa shape index (κ3) is 4.96. The van der Waals surface area contributed by atoms with Crippen molar-refractivity contribution >= 4 is 11.6 Å². The monoisotopic (exact) mass is 304 g/mol. The highest BCUT2D eigenvalue weighted by molar-refractivity contribution is 5.47. The first-order valence-electron chi connectivity index (χ1n) is 7.25. The largest absolute Gasteiger partial charge is 0.385 e. The number of anilines is 2. The van der Waals surface area contributed by atoms with Crippen LogP contribution in [0, 0.1) is 12.7 Å². The maximum atomic E-state index is 13.6. The molecule has 0 fully saturated rings. The first-order valence-corrected chi connectivity index (χ1v) is 7.25. The van der Waals surface area contributed by atoms with E-state index in [1.54, 1.807) is 19.2 Å². The van der Waals surface area contributed by atoms with Gasteiger partial charge < -0.3 is 15.4 Å². The number of ether oxygens (including phenoxy) is 1. The van der Waals surface area contributed by atoms with Gasteiger partial charge in [-0.05, 0) is 19.4 Å². The Labute approximate surface area is 129 Å². The number of rotatable bonds is 8. The minimum absolute atomic E-state index is 0.223. The Balaban J connectivity index is 1.96. The summed E-state index contributed by atoms with van der Waals surface area (Å²) in [5, 5.41) is 6.35. The molecule has 2 rings (SSSR count). The number of halogens is 1. The van der Waals surface area contributed by atoms with Gasteiger partial charge in [-0.25, -0.2) is 14.4 Å². The zero-order chi connectivity index (χ0) is 15.8. The number of nitrogens with one attached hydrogen (secondary N) is 2. The normalized spacial score (nSPS) is 10.5. The van der Waals surface area contributed by atoms with E-state index >= 15 is 0 Å². The van der Waals surface area contributed by atoms with Gasteiger partial charge in [0.2, 0.25) is 0 Å². The van der Waals surface area contributed by atoms with Crippen molar-refractivity contribution in [1.82, 2.24) is 9.97 Å². The first-order chi connectivity index (χ1) is 10.7. The summed E-state index contributed by atoms with van der Waals surface area (Å²) in [6.45, 7) is 3.69. The third-order valence-electron chi connectivity index (χ3n) is 3.09. The second-order valence-electron chi connectivity index (χ2n) is 4.90. The zero-order valence-corrected chi connectivity index (χ0v) is 12.9. The van der Waals surface area contributed by atoms with E-state index in [1.165, 1.54) is 6.07 Å². The zero-order valence-electron chi connectivity index (χ0n) is 12.9. The minimum Gasteiger partial charge on any atom is -0.385 e. The Morgan fingerprint density at radius 1 is 1.14 bits per heavy atom. The molecule has 2 N–H and O–H groups in total. The van der Waals surface area contributed by atoms with Crippen molar-refractivity contribution in [3.63, 3.8) is 0 Å². The van der Waals surface area contributed by atoms with Crippen LogP contribution in [-0.2, 0) is 11.3 Å². The Morgan fingerprint density at radius 3 is 2.59 bits per heavy atom. The molecule has 22 heavy (non-hydrogen) atoms. The predicted octanol–water partition coefficient (Wildman–Crippen LogP) is 2.98. The smallest absolute Gasteiger partial charge is 0.132 e. The molecule has 0 atom stereocenters. The summed E-state index contributed by atoms with van der Waals surface area (Å²) in [7, 11) is 1.68. The van der Waals surface area contributed by atoms with Gasteiger partial charge >= 0.3 is 0 Å². The third-order valence-corrected chi connectivity index (χ3v) is 3.09. The van der Waals surface area contributed by atoms with Crippen LogP contribution in [0.1, 0.15) is 17.8 Å². The van der Waals surface area contributed by atoms with Crippen LogP contribution in [0.4, 0.5) is 16.0 Å². The van der Waals surface area contributed by atoms with Gasteiger partial charge in [0.25, 0.3) is 0 Å². The van der Waals surface area contributed by atoms with Crippen LogP contribution in [0.25, 0.3) is 0 Å². The Kier molecular flexibility index (Phi) is 6.09. The summed E-state index contributed by atoms with van der Waals surface area (Å²) in [5.41, 5.74) is 0.605. The molecule has 0 spiro atoms. The summed E-state index contributed by atoms with van der Waals surface area (Å²) in [6, 6.07) is 8.51. The highest BCUT2D eigenvalue weighted by Crippen LogP contribution is 2.13. The molecule has 118 valence electrons. The predicted molar refractivity (Wildman–Crippen MR) is 85.5 cm³/mol. The SMILES string of the molecule is COCCCNc1cc(NCc2ccccc2F)nc(C)n1. The molecule has 0 radical (unpaired) electrons. The van der Waals surface area contributed by atoms with Crippen LogP contribution in [0.15, 0.2) is 30.3 Å². The van der Waals surface area contributed by atoms with E-state index in [1.807, 2.05) is 19.1 Å². The van der Waals surface area contributed by atoms with E-state index in [0.29, 0.717) is 30.4 Å². The van der Waals surface area contributed by atoms with Crippen molar-refractivity contribution in [3.8, 4) is 0 Å². The summed E-state index contributed by atoms with van der Waals surface area (Å²) in [5.74, 6) is 1.86. The number of hydrogen-bond acceptors (Lipinski definition) is 5. The number of hydrogen-bond donors (Lipinski definition) is 2. The molecule has 1 aromatic heterocycles. The number of aryl methyl sites for hydroxylation is 1. The summed E-state index contributed by atoms with van der Waals surface area (Å²) in [4.78, 5) is 8.64. The van der Waals surface area contributed by atoms with Gasteiger partial charge in [-0.1, -0.05) is 18.2 Å². The topological polar surface area (TPSA) is 59.1 Å². The summed E-state index contributed by atoms with van der Waals surface area (Å²) in [6.07, 6.45) is 0.900. The van der Waals surface area contributed by atoms with Gasteiger partial charge in [0.05, 0.1) is 0 Å². The van der Waals surface area contributed by atoms with Gasteiger partial charge in [0, 0.05) is 38.4 Å². The van der Waals surface area contributed by atoms with Gasteiger partial charge in [-0.3, -0.25) is 0 Å². The number of nitrogens with zero attached hydrogens (tertiary/aromatic N) is 2. The second-order valence-corrected chi connectivity index (χ2v) is 4.90. The van der Waals surface area contributed by atoms with E-state index in [9.17, 15) is 4.39 Å². The van der Waals surface area contributed by atoms with E-state index in [0.717, 1.165) is 18.8 Å². The molecule has 0 aliphatic rings. The molecule has 1 aromatic carbocycles. The molecule has 0 aliphatic carbocycles. The number of aromatic nitrogens is 2. The molecular formula is C16H21FN4O. The molecule has 2 aromatic rings. The fourth-order valence-corrected chi connectivity index (χ4v) is 2.01. The van der Waals surface area contributed by atoms with Crippen molar-refractivity contribution in [2.45, 2.75) is 19.9 Å². The van der Waals surface area contributed by atoms with Crippen LogP contribution < -0.4 is 10.6 Å². The molecular weight excluding hydrogens is 283 g/mol. The van der Waals surface area contributed by atoms with Gasteiger partial charge in [-0.15, -0.1) is 0 Å². The van der Waals surface area contributed by atoms with E-state index in [2.05, 4.69) is 20.6 Å². The molecule has 0 bridgehead atoms. The van der Waals surface area contributed by atoms with Crippen molar-refractivity contribution in [2.75, 3.05) is 30.9 Å². The molecule has 0 aliphatic heterocycles. The maximum absolute atomic E-state index is 13.6. The van der Waals surface area contributed by atoms with E-state index in [4.69, 9.17) is 4.74 Å². The minimum atomic E-state index is -0.223. The average Bonchev–Trinajstić information content (AvgIpc) is 2.50. The highest BCUT2D eigenvalue weighted by Gasteiger charge is 2.04. The van der Waals surface area contributed by atoms with E-state index in [-0.39, 0.29) is 5.82 Å². The molecule has 0 saturated carbocycles. The Morgan fingerprint density at radius 2 is 1.86 bits per heavy atom. The lowest BCUT2D eigenvalue weighted by Crippen LogP contribution is -2.09. The molecule has 0 saturated heterocycles. The highest BCUT2D eigenvalue weighted by atomic mass is 19.1. The van der Waals surface area contributed by atoms with Crippen LogP contribution in [0.2, 0.25) is 0 Å². The number of benzene rings is 1. The van der Waals surface area contributed by atoms with Crippen molar-refractivity contribution in [2.24, 2.45) is 0 Å². The van der Waals surface area contributed by atoms with Crippen LogP contribution in [0.3, 0.4) is 0 Å². The van der Waals surface area contributed by atoms with Gasteiger partial charge in [0.1, 0.15) is 23.3 Å². The quantitative estimate of drug-likeness (QED) is 0.734. The summed E-state index contributed by atoms with van der Waals surface area (Å²) < 4.78 is 18.6. The molecule has 0 amide bonds. The van der Waals surface area contributed by atoms with Gasteiger partial charge in [0.15, 0.2) is 0 Å². The average molecular weight is 304 g/mol. The molecule has 0 unspecified atom stereocenters. The van der Waals surface area contributed by atoms with Crippen LogP contribution in [-0.4, -0.2) is 30.2 Å². The van der Waals surface area contributed by atoms with Crippen molar-refractivity contribution in [1.29, 1.82) is 0 Å². The first kappa shape index (κ1) is 16.2. The van der Waals surface area contributed by atoms with E-state index < -0.39 is 0 Å². The molecule has 5 nitrogen and oxygen atoms in total. The molecule has 6 heteroatoms. The lowest BCUT2D eigenvalue weighted by atomic mass is 10.2. The number of methoxy groups -OCH3 is 1. The lowest BCUT2D eigenvalue weighted by molar-refractivity contribution is 0.198. The van der Waals surface area contributed by atoms with Crippen molar-refractivity contribution in [3.05, 3.63) is 47.5 Å². The van der Waals surface area contributed by atoms with Gasteiger partial charge in [-0.2, -0.15) is 0 Å². The molecule has 1 heterocycles. The lowest BCUT2D eigenvalue weighted by Gasteiger charge is -2.10. The fraction of sp³-hybridized carbons (Fsp3) is 0.375. The van der Waals surface area contributed by atoms with Crippen molar-refractivity contribution < 1.29 is 9.13 Å². The van der Waals surface area contributed by atoms with Crippen LogP contribution >= 0.6 is 0 Å². The summed E-state index contributed by atoms with van der Waals surface area (Å²) >= 11 is 0. The second kappa shape index (κ2) is 8.29.